The van der Waals surface area contributed by atoms with Crippen LogP contribution >= 0.6 is 0 Å². The number of rotatable bonds is 16. The van der Waals surface area contributed by atoms with Gasteiger partial charge >= 0.3 is 0 Å². The van der Waals surface area contributed by atoms with E-state index in [0.29, 0.717) is 5.92 Å². The van der Waals surface area contributed by atoms with E-state index < -0.39 is 0 Å². The molecule has 127 valence electrons. The van der Waals surface area contributed by atoms with Gasteiger partial charge in [-0.1, -0.05) is 90.9 Å². The number of hydrogen-bond acceptors (Lipinski definition) is 1. The Hall–Kier alpha value is -0.0400. The summed E-state index contributed by atoms with van der Waals surface area (Å²) in [5, 5.41) is 9.83. The Bertz CT molecular complexity index is 188. The van der Waals surface area contributed by atoms with Crippen LogP contribution in [-0.4, -0.2) is 11.2 Å². The van der Waals surface area contributed by atoms with Crippen molar-refractivity contribution in [3.05, 3.63) is 6.42 Å². The molecule has 0 aromatic heterocycles. The fourth-order valence-corrected chi connectivity index (χ4v) is 2.99. The molecule has 0 aromatic rings. The van der Waals surface area contributed by atoms with E-state index in [1.807, 2.05) is 6.92 Å². The van der Waals surface area contributed by atoms with Gasteiger partial charge in [0.05, 0.1) is 6.10 Å². The van der Waals surface area contributed by atoms with Crippen molar-refractivity contribution in [3.63, 3.8) is 0 Å². The number of unbranched alkanes of at least 4 members (excludes halogenated alkanes) is 11. The lowest BCUT2D eigenvalue weighted by Crippen LogP contribution is -2.16. The van der Waals surface area contributed by atoms with E-state index in [4.69, 9.17) is 0 Å². The predicted octanol–water partition coefficient (Wildman–Crippen LogP) is 6.69. The van der Waals surface area contributed by atoms with Crippen LogP contribution in [0.3, 0.4) is 0 Å². The molecule has 1 N–H and O–H groups in total. The molecule has 0 spiro atoms. The van der Waals surface area contributed by atoms with Gasteiger partial charge in [-0.15, -0.1) is 0 Å². The van der Waals surface area contributed by atoms with E-state index in [1.54, 1.807) is 0 Å². The Morgan fingerprint density at radius 1 is 0.762 bits per heavy atom. The van der Waals surface area contributed by atoms with Gasteiger partial charge in [0, 0.05) is 0 Å². The highest BCUT2D eigenvalue weighted by Gasteiger charge is 2.13. The number of aliphatic hydroxyl groups excluding tert-OH is 1. The lowest BCUT2D eigenvalue weighted by Gasteiger charge is -2.19. The van der Waals surface area contributed by atoms with Crippen LogP contribution in [0.5, 0.6) is 0 Å². The molecule has 0 saturated heterocycles. The zero-order valence-corrected chi connectivity index (χ0v) is 15.1. The van der Waals surface area contributed by atoms with Gasteiger partial charge in [-0.05, 0) is 32.1 Å². The molecule has 0 saturated carbocycles. The third kappa shape index (κ3) is 14.7. The standard InChI is InChI=1S/C20H41O/c1-4-6-8-9-10-11-12-13-14-16-18-20(19(3)21)17-15-7-5-2/h15,19-21H,4-14,16-18H2,1-3H3. The minimum atomic E-state index is -0.142. The second kappa shape index (κ2) is 16.3. The molecular weight excluding hydrogens is 256 g/mol. The quantitative estimate of drug-likeness (QED) is 0.315. The third-order valence-electron chi connectivity index (χ3n) is 4.57. The molecule has 0 bridgehead atoms. The van der Waals surface area contributed by atoms with Crippen LogP contribution in [0, 0.1) is 12.3 Å². The summed E-state index contributed by atoms with van der Waals surface area (Å²) in [6.45, 7) is 6.46. The van der Waals surface area contributed by atoms with Gasteiger partial charge < -0.3 is 5.11 Å². The smallest absolute Gasteiger partial charge is 0.0540 e. The molecule has 2 unspecified atom stereocenters. The first-order valence-corrected chi connectivity index (χ1v) is 9.72. The molecule has 1 heteroatoms. The molecular formula is C20H41O. The van der Waals surface area contributed by atoms with Crippen molar-refractivity contribution in [3.8, 4) is 0 Å². The molecule has 0 heterocycles. The fraction of sp³-hybridized carbons (Fsp3) is 0.950. The van der Waals surface area contributed by atoms with Crippen LogP contribution in [0.1, 0.15) is 111 Å². The summed E-state index contributed by atoms with van der Waals surface area (Å²) in [7, 11) is 0. The Balaban J connectivity index is 3.37. The molecule has 1 radical (unpaired) electrons. The van der Waals surface area contributed by atoms with Gasteiger partial charge in [-0.2, -0.15) is 0 Å². The number of aliphatic hydroxyl groups is 1. The highest BCUT2D eigenvalue weighted by atomic mass is 16.3. The Morgan fingerprint density at radius 3 is 1.76 bits per heavy atom. The first-order chi connectivity index (χ1) is 10.2. The zero-order chi connectivity index (χ0) is 15.8. The van der Waals surface area contributed by atoms with Crippen LogP contribution in [0.2, 0.25) is 0 Å². The largest absolute Gasteiger partial charge is 0.393 e. The van der Waals surface area contributed by atoms with Crippen molar-refractivity contribution in [2.24, 2.45) is 5.92 Å². The van der Waals surface area contributed by atoms with Crippen molar-refractivity contribution in [2.45, 2.75) is 117 Å². The maximum Gasteiger partial charge on any atom is 0.0540 e. The van der Waals surface area contributed by atoms with E-state index in [9.17, 15) is 5.11 Å². The van der Waals surface area contributed by atoms with Crippen LogP contribution in [0.15, 0.2) is 0 Å². The highest BCUT2D eigenvalue weighted by Crippen LogP contribution is 2.21. The SMILES string of the molecule is CCC[CH]CC(CCCCCCCCCCCC)C(C)O. The summed E-state index contributed by atoms with van der Waals surface area (Å²) < 4.78 is 0. The highest BCUT2D eigenvalue weighted by molar-refractivity contribution is 4.74. The Kier molecular flexibility index (Phi) is 16.3. The predicted molar refractivity (Wildman–Crippen MR) is 95.5 cm³/mol. The van der Waals surface area contributed by atoms with Gasteiger partial charge in [0.2, 0.25) is 0 Å². The summed E-state index contributed by atoms with van der Waals surface area (Å²) in [4.78, 5) is 0. The summed E-state index contributed by atoms with van der Waals surface area (Å²) in [6, 6.07) is 0. The summed E-state index contributed by atoms with van der Waals surface area (Å²) >= 11 is 0. The zero-order valence-electron chi connectivity index (χ0n) is 15.1. The molecule has 0 amide bonds. The van der Waals surface area contributed by atoms with Crippen molar-refractivity contribution in [1.82, 2.24) is 0 Å². The van der Waals surface area contributed by atoms with E-state index in [1.165, 1.54) is 83.5 Å². The van der Waals surface area contributed by atoms with Crippen LogP contribution < -0.4 is 0 Å². The summed E-state index contributed by atoms with van der Waals surface area (Å²) in [6.07, 6.45) is 20.9. The Labute approximate surface area is 134 Å². The van der Waals surface area contributed by atoms with Gasteiger partial charge in [-0.25, -0.2) is 0 Å². The van der Waals surface area contributed by atoms with Gasteiger partial charge in [0.15, 0.2) is 0 Å². The average molecular weight is 298 g/mol. The first-order valence-electron chi connectivity index (χ1n) is 9.72. The molecule has 0 aliphatic heterocycles. The van der Waals surface area contributed by atoms with E-state index in [0.717, 1.165) is 6.42 Å². The lowest BCUT2D eigenvalue weighted by atomic mass is 9.90. The maximum absolute atomic E-state index is 9.83. The van der Waals surface area contributed by atoms with Gasteiger partial charge in [0.1, 0.15) is 0 Å². The van der Waals surface area contributed by atoms with Crippen LogP contribution in [0.4, 0.5) is 0 Å². The van der Waals surface area contributed by atoms with Crippen molar-refractivity contribution >= 4 is 0 Å². The molecule has 0 aromatic carbocycles. The fourth-order valence-electron chi connectivity index (χ4n) is 2.99. The van der Waals surface area contributed by atoms with Crippen LogP contribution in [-0.2, 0) is 0 Å². The molecule has 0 rings (SSSR count). The second-order valence-corrected chi connectivity index (χ2v) is 6.78. The third-order valence-corrected chi connectivity index (χ3v) is 4.57. The van der Waals surface area contributed by atoms with Gasteiger partial charge in [-0.3, -0.25) is 0 Å². The Morgan fingerprint density at radius 2 is 1.29 bits per heavy atom. The van der Waals surface area contributed by atoms with Crippen molar-refractivity contribution in [1.29, 1.82) is 0 Å². The molecule has 21 heavy (non-hydrogen) atoms. The molecule has 0 aliphatic rings. The first kappa shape index (κ1) is 21.0. The van der Waals surface area contributed by atoms with E-state index in [-0.39, 0.29) is 6.10 Å². The normalized spacial score (nSPS) is 14.3. The minimum Gasteiger partial charge on any atom is -0.393 e. The monoisotopic (exact) mass is 297 g/mol. The van der Waals surface area contributed by atoms with E-state index >= 15 is 0 Å². The molecule has 2 atom stereocenters. The van der Waals surface area contributed by atoms with E-state index in [2.05, 4.69) is 20.3 Å². The van der Waals surface area contributed by atoms with Gasteiger partial charge in [0.25, 0.3) is 0 Å². The summed E-state index contributed by atoms with van der Waals surface area (Å²) in [5.74, 6) is 0.491. The molecule has 1 nitrogen and oxygen atoms in total. The molecule has 0 fully saturated rings. The second-order valence-electron chi connectivity index (χ2n) is 6.78. The topological polar surface area (TPSA) is 20.2 Å². The lowest BCUT2D eigenvalue weighted by molar-refractivity contribution is 0.117. The van der Waals surface area contributed by atoms with Crippen LogP contribution in [0.25, 0.3) is 0 Å². The minimum absolute atomic E-state index is 0.142. The summed E-state index contributed by atoms with van der Waals surface area (Å²) in [5.41, 5.74) is 0. The van der Waals surface area contributed by atoms with Crippen molar-refractivity contribution in [2.75, 3.05) is 0 Å². The van der Waals surface area contributed by atoms with Crippen molar-refractivity contribution < 1.29 is 5.11 Å². The molecule has 0 aliphatic carbocycles. The average Bonchev–Trinajstić information content (AvgIpc) is 2.47. The number of hydrogen-bond donors (Lipinski definition) is 1. The maximum atomic E-state index is 9.83.